The molecule has 2 aromatic rings. The number of hydrogen-bond acceptors (Lipinski definition) is 5. The Morgan fingerprint density at radius 2 is 1.83 bits per heavy atom. The van der Waals surface area contributed by atoms with Gasteiger partial charge in [-0.25, -0.2) is 4.79 Å². The molecule has 0 unspecified atom stereocenters. The molecule has 0 spiro atoms. The Balaban J connectivity index is 1.62. The van der Waals surface area contributed by atoms with Crippen molar-refractivity contribution in [2.24, 2.45) is 22.7 Å². The van der Waals surface area contributed by atoms with Crippen molar-refractivity contribution >= 4 is 16.8 Å². The van der Waals surface area contributed by atoms with Crippen molar-refractivity contribution in [3.05, 3.63) is 40.8 Å². The number of ether oxygens (including phenoxy) is 1. The Morgan fingerprint density at radius 3 is 2.59 bits per heavy atom. The van der Waals surface area contributed by atoms with Crippen molar-refractivity contribution in [3.8, 4) is 5.75 Å². The summed E-state index contributed by atoms with van der Waals surface area (Å²) in [6, 6.07) is 8.56. The molecule has 1 heterocycles. The summed E-state index contributed by atoms with van der Waals surface area (Å²) in [5, 5.41) is 12.1. The van der Waals surface area contributed by atoms with E-state index in [2.05, 4.69) is 20.8 Å². The number of fused-ring (bicyclic) bond motifs is 2. The maximum Gasteiger partial charge on any atom is 0.336 e. The van der Waals surface area contributed by atoms with Crippen LogP contribution in [-0.2, 0) is 4.79 Å². The first-order chi connectivity index (χ1) is 13.5. The fraction of sp³-hybridized carbons (Fsp3) is 0.583. The maximum absolute atomic E-state index is 12.6. The predicted molar refractivity (Wildman–Crippen MR) is 111 cm³/mol. The standard InChI is InChI=1S/C24H30O5/c1-22(2)18-9-12-24(4,27)19(23(18,3)11-10-20(22)25)14-28-16-7-5-15-6-8-21(26)29-17(15)13-16/h5-8,13,18-19,27H,9-12,14H2,1-4H3/t18-,19-,23-,24-/m0/s1. The average molecular weight is 398 g/mol. The van der Waals surface area contributed by atoms with Crippen LogP contribution in [0.25, 0.3) is 11.0 Å². The SMILES string of the molecule is CC1(C)C(=O)CC[C@@]2(C)[C@H]1CC[C@](C)(O)[C@H]2COc1ccc2ccc(=O)oc2c1. The Kier molecular flexibility index (Phi) is 4.65. The second kappa shape index (κ2) is 6.69. The molecule has 4 atom stereocenters. The van der Waals surface area contributed by atoms with E-state index in [0.29, 0.717) is 36.6 Å². The lowest BCUT2D eigenvalue weighted by atomic mass is 9.45. The summed E-state index contributed by atoms with van der Waals surface area (Å²) in [4.78, 5) is 24.1. The second-order valence-electron chi connectivity index (χ2n) is 9.92. The minimum absolute atomic E-state index is 0.0976. The molecule has 0 saturated heterocycles. The number of aliphatic hydroxyl groups is 1. The minimum atomic E-state index is -0.856. The highest BCUT2D eigenvalue weighted by atomic mass is 16.5. The van der Waals surface area contributed by atoms with E-state index in [4.69, 9.17) is 9.15 Å². The molecular formula is C24H30O5. The summed E-state index contributed by atoms with van der Waals surface area (Å²) in [5.41, 5.74) is -1.32. The van der Waals surface area contributed by atoms with Gasteiger partial charge in [0.05, 0.1) is 12.2 Å². The fourth-order valence-electron chi connectivity index (χ4n) is 6.01. The number of ketones is 1. The van der Waals surface area contributed by atoms with Gasteiger partial charge in [0.2, 0.25) is 0 Å². The molecule has 0 amide bonds. The van der Waals surface area contributed by atoms with E-state index in [1.54, 1.807) is 12.1 Å². The van der Waals surface area contributed by atoms with E-state index in [9.17, 15) is 14.7 Å². The van der Waals surface area contributed by atoms with Gasteiger partial charge >= 0.3 is 5.63 Å². The van der Waals surface area contributed by atoms with Gasteiger partial charge < -0.3 is 14.3 Å². The van der Waals surface area contributed by atoms with Crippen LogP contribution in [0.3, 0.4) is 0 Å². The van der Waals surface area contributed by atoms with E-state index in [0.717, 1.165) is 18.2 Å². The zero-order valence-corrected chi connectivity index (χ0v) is 17.7. The van der Waals surface area contributed by atoms with Crippen molar-refractivity contribution in [1.29, 1.82) is 0 Å². The molecule has 0 aliphatic heterocycles. The largest absolute Gasteiger partial charge is 0.493 e. The lowest BCUT2D eigenvalue weighted by molar-refractivity contribution is -0.182. The average Bonchev–Trinajstić information content (AvgIpc) is 2.64. The van der Waals surface area contributed by atoms with E-state index in [1.807, 2.05) is 19.1 Å². The Hall–Kier alpha value is -2.14. The van der Waals surface area contributed by atoms with Crippen LogP contribution in [0, 0.1) is 22.7 Å². The third-order valence-corrected chi connectivity index (χ3v) is 7.77. The molecule has 0 radical (unpaired) electrons. The molecule has 4 rings (SSSR count). The minimum Gasteiger partial charge on any atom is -0.493 e. The van der Waals surface area contributed by atoms with Crippen LogP contribution in [0.4, 0.5) is 0 Å². The molecule has 29 heavy (non-hydrogen) atoms. The molecule has 2 aliphatic carbocycles. The van der Waals surface area contributed by atoms with E-state index in [1.165, 1.54) is 6.07 Å². The molecule has 1 aromatic carbocycles. The van der Waals surface area contributed by atoms with Gasteiger partial charge in [-0.1, -0.05) is 20.8 Å². The molecule has 156 valence electrons. The quantitative estimate of drug-likeness (QED) is 0.778. The molecule has 5 heteroatoms. The van der Waals surface area contributed by atoms with Crippen LogP contribution in [0.2, 0.25) is 0 Å². The summed E-state index contributed by atoms with van der Waals surface area (Å²) in [5.74, 6) is 1.06. The maximum atomic E-state index is 12.6. The van der Waals surface area contributed by atoms with Gasteiger partial charge in [-0.05, 0) is 55.7 Å². The van der Waals surface area contributed by atoms with Crippen LogP contribution >= 0.6 is 0 Å². The summed E-state index contributed by atoms with van der Waals surface area (Å²) in [6.07, 6.45) is 2.83. The molecule has 0 bridgehead atoms. The summed E-state index contributed by atoms with van der Waals surface area (Å²) >= 11 is 0. The zero-order valence-electron chi connectivity index (χ0n) is 17.7. The van der Waals surface area contributed by atoms with Crippen molar-refractivity contribution < 1.29 is 19.1 Å². The molecule has 2 fully saturated rings. The van der Waals surface area contributed by atoms with E-state index < -0.39 is 11.2 Å². The smallest absolute Gasteiger partial charge is 0.336 e. The number of Topliss-reactive ketones (excluding diaryl/α,β-unsaturated/α-hetero) is 1. The number of carbonyl (C=O) groups excluding carboxylic acids is 1. The van der Waals surface area contributed by atoms with Crippen LogP contribution in [0.15, 0.2) is 39.5 Å². The molecule has 2 aliphatic rings. The van der Waals surface area contributed by atoms with Crippen LogP contribution in [-0.4, -0.2) is 23.1 Å². The number of rotatable bonds is 3. The highest BCUT2D eigenvalue weighted by Crippen LogP contribution is 2.60. The molecular weight excluding hydrogens is 368 g/mol. The molecule has 5 nitrogen and oxygen atoms in total. The zero-order chi connectivity index (χ0) is 21.0. The van der Waals surface area contributed by atoms with Gasteiger partial charge in [-0.15, -0.1) is 0 Å². The summed E-state index contributed by atoms with van der Waals surface area (Å²) in [7, 11) is 0. The summed E-state index contributed by atoms with van der Waals surface area (Å²) in [6.45, 7) is 8.58. The Morgan fingerprint density at radius 1 is 1.10 bits per heavy atom. The van der Waals surface area contributed by atoms with Gasteiger partial charge in [-0.2, -0.15) is 0 Å². The third kappa shape index (κ3) is 3.29. The number of hydrogen-bond donors (Lipinski definition) is 1. The summed E-state index contributed by atoms with van der Waals surface area (Å²) < 4.78 is 11.4. The van der Waals surface area contributed by atoms with E-state index >= 15 is 0 Å². The lowest BCUT2D eigenvalue weighted by Crippen LogP contribution is -2.61. The molecule has 1 N–H and O–H groups in total. The first kappa shape index (κ1) is 20.1. The third-order valence-electron chi connectivity index (χ3n) is 7.77. The van der Waals surface area contributed by atoms with Crippen LogP contribution in [0.5, 0.6) is 5.75 Å². The highest BCUT2D eigenvalue weighted by molar-refractivity contribution is 5.85. The van der Waals surface area contributed by atoms with Gasteiger partial charge in [0.15, 0.2) is 0 Å². The number of carbonyl (C=O) groups is 1. The predicted octanol–water partition coefficient (Wildman–Crippen LogP) is 4.34. The van der Waals surface area contributed by atoms with Gasteiger partial charge in [0, 0.05) is 35.3 Å². The Labute approximate surface area is 171 Å². The van der Waals surface area contributed by atoms with Gasteiger partial charge in [0.1, 0.15) is 17.1 Å². The van der Waals surface area contributed by atoms with Crippen molar-refractivity contribution in [2.75, 3.05) is 6.61 Å². The highest BCUT2D eigenvalue weighted by Gasteiger charge is 2.60. The van der Waals surface area contributed by atoms with Gasteiger partial charge in [-0.3, -0.25) is 4.79 Å². The fourth-order valence-corrected chi connectivity index (χ4v) is 6.01. The molecule has 1 aromatic heterocycles. The van der Waals surface area contributed by atoms with Crippen LogP contribution < -0.4 is 10.4 Å². The lowest BCUT2D eigenvalue weighted by Gasteiger charge is -2.60. The van der Waals surface area contributed by atoms with Crippen molar-refractivity contribution in [3.63, 3.8) is 0 Å². The van der Waals surface area contributed by atoms with Crippen molar-refractivity contribution in [2.45, 2.75) is 59.0 Å². The second-order valence-corrected chi connectivity index (χ2v) is 9.92. The number of benzene rings is 1. The van der Waals surface area contributed by atoms with E-state index in [-0.39, 0.29) is 22.7 Å². The van der Waals surface area contributed by atoms with Crippen LogP contribution in [0.1, 0.15) is 53.4 Å². The van der Waals surface area contributed by atoms with Crippen molar-refractivity contribution in [1.82, 2.24) is 0 Å². The van der Waals surface area contributed by atoms with Gasteiger partial charge in [0.25, 0.3) is 0 Å². The Bertz CT molecular complexity index is 1000. The first-order valence-corrected chi connectivity index (χ1v) is 10.5. The molecule has 2 saturated carbocycles. The first-order valence-electron chi connectivity index (χ1n) is 10.5. The monoisotopic (exact) mass is 398 g/mol. The topological polar surface area (TPSA) is 76.7 Å². The normalized spacial score (nSPS) is 34.0.